The third-order valence-corrected chi connectivity index (χ3v) is 5.26. The lowest BCUT2D eigenvalue weighted by Crippen LogP contribution is -2.46. The normalized spacial score (nSPS) is 25.6. The highest BCUT2D eigenvalue weighted by Crippen LogP contribution is 2.19. The number of nitrogens with two attached hydrogens (primary N) is 1. The minimum Gasteiger partial charge on any atom is -0.353 e. The maximum Gasteiger partial charge on any atom is 0.237 e. The van der Waals surface area contributed by atoms with Gasteiger partial charge in [-0.2, -0.15) is 0 Å². The van der Waals surface area contributed by atoms with E-state index in [0.717, 1.165) is 0 Å². The van der Waals surface area contributed by atoms with Crippen LogP contribution in [0.25, 0.3) is 0 Å². The van der Waals surface area contributed by atoms with Crippen LogP contribution < -0.4 is 11.1 Å². The lowest BCUT2D eigenvalue weighted by Gasteiger charge is -2.17. The largest absolute Gasteiger partial charge is 0.353 e. The Morgan fingerprint density at radius 1 is 1.50 bits per heavy atom. The van der Waals surface area contributed by atoms with Crippen LogP contribution in [0.2, 0.25) is 0 Å². The van der Waals surface area contributed by atoms with Gasteiger partial charge in [0.15, 0.2) is 9.84 Å². The van der Waals surface area contributed by atoms with E-state index in [2.05, 4.69) is 5.32 Å². The Bertz CT molecular complexity index is 351. The molecule has 2 atom stereocenters. The molecule has 0 aromatic heterocycles. The van der Waals surface area contributed by atoms with Crippen LogP contribution in [-0.2, 0) is 14.6 Å². The molecule has 1 aliphatic rings. The van der Waals surface area contributed by atoms with Crippen molar-refractivity contribution in [2.75, 3.05) is 12.3 Å². The lowest BCUT2D eigenvalue weighted by molar-refractivity contribution is -0.123. The van der Waals surface area contributed by atoms with E-state index < -0.39 is 21.1 Å². The highest BCUT2D eigenvalue weighted by molar-refractivity contribution is 7.92. The lowest BCUT2D eigenvalue weighted by atomic mass is 10.1. The molecule has 6 heteroatoms. The van der Waals surface area contributed by atoms with Crippen molar-refractivity contribution >= 4 is 15.7 Å². The van der Waals surface area contributed by atoms with E-state index in [0.29, 0.717) is 12.8 Å². The monoisotopic (exact) mass is 248 g/mol. The molecule has 2 unspecified atom stereocenters. The van der Waals surface area contributed by atoms with Gasteiger partial charge in [-0.05, 0) is 18.8 Å². The number of hydrogen-bond donors (Lipinski definition) is 2. The zero-order chi connectivity index (χ0) is 12.3. The summed E-state index contributed by atoms with van der Waals surface area (Å²) in [6.45, 7) is 3.91. The molecule has 1 saturated heterocycles. The SMILES string of the molecule is CC(C)C(N)C(=O)NCC1CCCS1(=O)=O. The van der Waals surface area contributed by atoms with Crippen LogP contribution in [0.1, 0.15) is 26.7 Å². The van der Waals surface area contributed by atoms with Gasteiger partial charge in [0.1, 0.15) is 0 Å². The molecule has 1 fully saturated rings. The summed E-state index contributed by atoms with van der Waals surface area (Å²) in [5.41, 5.74) is 5.65. The summed E-state index contributed by atoms with van der Waals surface area (Å²) < 4.78 is 23.0. The van der Waals surface area contributed by atoms with Crippen molar-refractivity contribution in [3.05, 3.63) is 0 Å². The molecule has 1 rings (SSSR count). The van der Waals surface area contributed by atoms with E-state index in [9.17, 15) is 13.2 Å². The maximum absolute atomic E-state index is 11.5. The molecule has 3 N–H and O–H groups in total. The number of nitrogens with one attached hydrogen (secondary N) is 1. The average Bonchev–Trinajstić information content (AvgIpc) is 2.52. The number of amides is 1. The summed E-state index contributed by atoms with van der Waals surface area (Å²) in [5, 5.41) is 2.20. The molecule has 1 heterocycles. The van der Waals surface area contributed by atoms with E-state index in [4.69, 9.17) is 5.73 Å². The van der Waals surface area contributed by atoms with Crippen LogP contribution in [0.4, 0.5) is 0 Å². The van der Waals surface area contributed by atoms with E-state index in [1.807, 2.05) is 13.8 Å². The van der Waals surface area contributed by atoms with Crippen LogP contribution in [-0.4, -0.2) is 37.9 Å². The first kappa shape index (κ1) is 13.4. The van der Waals surface area contributed by atoms with E-state index in [1.54, 1.807) is 0 Å². The number of carbonyl (C=O) groups is 1. The summed E-state index contributed by atoms with van der Waals surface area (Å²) in [4.78, 5) is 11.5. The molecule has 0 saturated carbocycles. The van der Waals surface area contributed by atoms with Crippen LogP contribution in [0.15, 0.2) is 0 Å². The number of sulfone groups is 1. The predicted molar refractivity (Wildman–Crippen MR) is 62.6 cm³/mol. The van der Waals surface area contributed by atoms with Crippen LogP contribution in [0.3, 0.4) is 0 Å². The minimum atomic E-state index is -2.98. The van der Waals surface area contributed by atoms with Crippen molar-refractivity contribution in [1.29, 1.82) is 0 Å². The average molecular weight is 248 g/mol. The molecule has 1 amide bonds. The highest BCUT2D eigenvalue weighted by Gasteiger charge is 2.31. The third-order valence-electron chi connectivity index (χ3n) is 2.99. The van der Waals surface area contributed by atoms with Gasteiger partial charge in [0, 0.05) is 6.54 Å². The van der Waals surface area contributed by atoms with Crippen LogP contribution >= 0.6 is 0 Å². The Hall–Kier alpha value is -0.620. The van der Waals surface area contributed by atoms with Gasteiger partial charge in [-0.1, -0.05) is 13.8 Å². The molecular formula is C10H20N2O3S. The summed E-state index contributed by atoms with van der Waals surface area (Å²) in [5.74, 6) is 0.0290. The van der Waals surface area contributed by atoms with Gasteiger partial charge in [-0.3, -0.25) is 4.79 Å². The Balaban J connectivity index is 2.44. The molecule has 16 heavy (non-hydrogen) atoms. The highest BCUT2D eigenvalue weighted by atomic mass is 32.2. The van der Waals surface area contributed by atoms with Crippen molar-refractivity contribution in [1.82, 2.24) is 5.32 Å². The van der Waals surface area contributed by atoms with Crippen molar-refractivity contribution in [2.24, 2.45) is 11.7 Å². The zero-order valence-electron chi connectivity index (χ0n) is 9.77. The number of hydrogen-bond acceptors (Lipinski definition) is 4. The van der Waals surface area contributed by atoms with E-state index in [-0.39, 0.29) is 24.1 Å². The zero-order valence-corrected chi connectivity index (χ0v) is 10.6. The fourth-order valence-electron chi connectivity index (χ4n) is 1.72. The van der Waals surface area contributed by atoms with Crippen molar-refractivity contribution < 1.29 is 13.2 Å². The second-order valence-electron chi connectivity index (χ2n) is 4.65. The number of carbonyl (C=O) groups excluding carboxylic acids is 1. The minimum absolute atomic E-state index is 0.0557. The summed E-state index contributed by atoms with van der Waals surface area (Å²) in [7, 11) is -2.98. The van der Waals surface area contributed by atoms with Gasteiger partial charge in [-0.15, -0.1) is 0 Å². The first-order valence-corrected chi connectivity index (χ1v) is 7.31. The smallest absolute Gasteiger partial charge is 0.237 e. The van der Waals surface area contributed by atoms with E-state index >= 15 is 0 Å². The van der Waals surface area contributed by atoms with Crippen LogP contribution in [0.5, 0.6) is 0 Å². The molecule has 0 bridgehead atoms. The first-order valence-electron chi connectivity index (χ1n) is 5.59. The maximum atomic E-state index is 11.5. The van der Waals surface area contributed by atoms with Crippen molar-refractivity contribution in [3.63, 3.8) is 0 Å². The predicted octanol–water partition coefficient (Wildman–Crippen LogP) is -0.337. The van der Waals surface area contributed by atoms with Crippen molar-refractivity contribution in [3.8, 4) is 0 Å². The molecule has 0 aromatic carbocycles. The Morgan fingerprint density at radius 3 is 2.56 bits per heavy atom. The van der Waals surface area contributed by atoms with Gasteiger partial charge in [0.2, 0.25) is 5.91 Å². The molecule has 0 aromatic rings. The summed E-state index contributed by atoms with van der Waals surface area (Å²) in [6.07, 6.45) is 1.33. The van der Waals surface area contributed by atoms with Crippen molar-refractivity contribution in [2.45, 2.75) is 38.0 Å². The standard InChI is InChI=1S/C10H20N2O3S/c1-7(2)9(11)10(13)12-6-8-4-3-5-16(8,14)15/h7-9H,3-6,11H2,1-2H3,(H,12,13). The fraction of sp³-hybridized carbons (Fsp3) is 0.900. The fourth-order valence-corrected chi connectivity index (χ4v) is 3.49. The Kier molecular flexibility index (Phi) is 4.32. The molecular weight excluding hydrogens is 228 g/mol. The second kappa shape index (κ2) is 5.14. The molecule has 0 spiro atoms. The first-order chi connectivity index (χ1) is 7.34. The van der Waals surface area contributed by atoms with Gasteiger partial charge in [0.05, 0.1) is 17.0 Å². The van der Waals surface area contributed by atoms with Crippen LogP contribution in [0, 0.1) is 5.92 Å². The van der Waals surface area contributed by atoms with Gasteiger partial charge < -0.3 is 11.1 Å². The van der Waals surface area contributed by atoms with Gasteiger partial charge >= 0.3 is 0 Å². The topological polar surface area (TPSA) is 89.3 Å². The van der Waals surface area contributed by atoms with Gasteiger partial charge in [0.25, 0.3) is 0 Å². The summed E-state index contributed by atoms with van der Waals surface area (Å²) in [6, 6.07) is -0.566. The molecule has 0 radical (unpaired) electrons. The third kappa shape index (κ3) is 3.18. The van der Waals surface area contributed by atoms with E-state index in [1.165, 1.54) is 0 Å². The number of rotatable bonds is 4. The van der Waals surface area contributed by atoms with Gasteiger partial charge in [-0.25, -0.2) is 8.42 Å². The molecule has 94 valence electrons. The molecule has 1 aliphatic heterocycles. The summed E-state index contributed by atoms with van der Waals surface area (Å²) >= 11 is 0. The second-order valence-corrected chi connectivity index (χ2v) is 7.05. The quantitative estimate of drug-likeness (QED) is 0.712. The molecule has 0 aliphatic carbocycles. The molecule has 5 nitrogen and oxygen atoms in total. The Morgan fingerprint density at radius 2 is 2.12 bits per heavy atom. The Labute approximate surface area is 96.7 Å².